The summed E-state index contributed by atoms with van der Waals surface area (Å²) in [4.78, 5) is 29.3. The smallest absolute Gasteiger partial charge is 0.306 e. The number of carbonyl (C=O) groups is 1. The van der Waals surface area contributed by atoms with Gasteiger partial charge in [-0.05, 0) is 29.8 Å². The van der Waals surface area contributed by atoms with Gasteiger partial charge >= 0.3 is 5.97 Å². The van der Waals surface area contributed by atoms with Gasteiger partial charge in [-0.15, -0.1) is 0 Å². The highest BCUT2D eigenvalue weighted by Crippen LogP contribution is 2.42. The maximum Gasteiger partial charge on any atom is 0.306 e. The molecule has 29 heavy (non-hydrogen) atoms. The normalized spacial score (nSPS) is 11.8. The van der Waals surface area contributed by atoms with E-state index in [4.69, 9.17) is 14.2 Å². The molecule has 0 bridgehead atoms. The van der Waals surface area contributed by atoms with Gasteiger partial charge in [-0.3, -0.25) is 14.0 Å². The third kappa shape index (κ3) is 3.66. The number of hydrogen-bond donors (Lipinski definition) is 2. The quantitative estimate of drug-likeness (QED) is 0.602. The van der Waals surface area contributed by atoms with Crippen molar-refractivity contribution in [3.63, 3.8) is 0 Å². The lowest BCUT2D eigenvalue weighted by molar-refractivity contribution is -0.140. The third-order valence-corrected chi connectivity index (χ3v) is 4.60. The first-order valence-electron chi connectivity index (χ1n) is 8.63. The van der Waals surface area contributed by atoms with Gasteiger partial charge in [0, 0.05) is 12.1 Å². The lowest BCUT2D eigenvalue weighted by Crippen LogP contribution is -2.24. The number of aromatic hydroxyl groups is 2. The van der Waals surface area contributed by atoms with Crippen molar-refractivity contribution in [1.29, 1.82) is 0 Å². The number of ether oxygens (including phenoxy) is 3. The summed E-state index contributed by atoms with van der Waals surface area (Å²) in [6.45, 7) is 0. The van der Waals surface area contributed by atoms with Gasteiger partial charge in [-0.2, -0.15) is 4.98 Å². The van der Waals surface area contributed by atoms with E-state index < -0.39 is 23.3 Å². The third-order valence-electron chi connectivity index (χ3n) is 4.60. The molecule has 2 aromatic heterocycles. The summed E-state index contributed by atoms with van der Waals surface area (Å²) in [5.74, 6) is -2.08. The van der Waals surface area contributed by atoms with Crippen LogP contribution in [0.3, 0.4) is 0 Å². The fourth-order valence-corrected chi connectivity index (χ4v) is 3.15. The van der Waals surface area contributed by atoms with E-state index >= 15 is 0 Å². The average Bonchev–Trinajstić information content (AvgIpc) is 2.73. The zero-order chi connectivity index (χ0) is 21.1. The summed E-state index contributed by atoms with van der Waals surface area (Å²) in [5.41, 5.74) is 0.0327. The number of carbonyl (C=O) groups excluding carboxylic acids is 1. The predicted molar refractivity (Wildman–Crippen MR) is 103 cm³/mol. The van der Waals surface area contributed by atoms with Crippen LogP contribution in [-0.4, -0.2) is 46.9 Å². The van der Waals surface area contributed by atoms with Gasteiger partial charge < -0.3 is 24.4 Å². The molecule has 3 aromatic rings. The summed E-state index contributed by atoms with van der Waals surface area (Å²) < 4.78 is 16.4. The predicted octanol–water partition coefficient (Wildman–Crippen LogP) is 1.82. The van der Waals surface area contributed by atoms with Crippen LogP contribution in [0.5, 0.6) is 23.1 Å². The number of hydrogen-bond acceptors (Lipinski definition) is 8. The minimum absolute atomic E-state index is 0.0857. The standard InChI is InChI=1S/C20H20N2O7/c1-27-13-8-11(9-14(28-2)18(13)24)12(10-16(23)29-3)17-19(25)21-15-6-4-5-7-22(15)20(17)26/h4-9,12,24-25H,10H2,1-3H3/t12-/m1/s1. The second-order valence-corrected chi connectivity index (χ2v) is 6.19. The number of esters is 1. The molecule has 0 unspecified atom stereocenters. The number of pyridine rings is 1. The number of nitrogens with zero attached hydrogens (tertiary/aromatic N) is 2. The lowest BCUT2D eigenvalue weighted by Gasteiger charge is -2.20. The van der Waals surface area contributed by atoms with E-state index in [1.807, 2.05) is 0 Å². The van der Waals surface area contributed by atoms with E-state index in [1.165, 1.54) is 44.1 Å². The van der Waals surface area contributed by atoms with Crippen LogP contribution in [0.4, 0.5) is 0 Å². The van der Waals surface area contributed by atoms with Crippen molar-refractivity contribution in [2.75, 3.05) is 21.3 Å². The van der Waals surface area contributed by atoms with E-state index in [-0.39, 0.29) is 34.9 Å². The molecule has 0 fully saturated rings. The first kappa shape index (κ1) is 20.0. The van der Waals surface area contributed by atoms with Crippen molar-refractivity contribution >= 4 is 11.6 Å². The van der Waals surface area contributed by atoms with Gasteiger partial charge in [0.2, 0.25) is 11.6 Å². The first-order chi connectivity index (χ1) is 13.9. The minimum atomic E-state index is -0.928. The second-order valence-electron chi connectivity index (χ2n) is 6.19. The van der Waals surface area contributed by atoms with Crippen LogP contribution in [0.15, 0.2) is 41.3 Å². The molecule has 0 aliphatic heterocycles. The summed E-state index contributed by atoms with van der Waals surface area (Å²) in [7, 11) is 3.94. The fourth-order valence-electron chi connectivity index (χ4n) is 3.15. The summed E-state index contributed by atoms with van der Waals surface area (Å²) in [5, 5.41) is 20.7. The molecule has 1 aromatic carbocycles. The monoisotopic (exact) mass is 400 g/mol. The molecular weight excluding hydrogens is 380 g/mol. The van der Waals surface area contributed by atoms with Crippen LogP contribution in [0.25, 0.3) is 5.65 Å². The number of fused-ring (bicyclic) bond motifs is 1. The highest BCUT2D eigenvalue weighted by Gasteiger charge is 2.28. The Kier molecular flexibility index (Phi) is 5.58. The largest absolute Gasteiger partial charge is 0.502 e. The maximum atomic E-state index is 13.1. The van der Waals surface area contributed by atoms with E-state index in [2.05, 4.69) is 4.98 Å². The Labute approximate surface area is 165 Å². The van der Waals surface area contributed by atoms with Gasteiger partial charge in [0.1, 0.15) is 5.65 Å². The molecule has 0 saturated heterocycles. The molecule has 152 valence electrons. The fraction of sp³-hybridized carbons (Fsp3) is 0.250. The minimum Gasteiger partial charge on any atom is -0.502 e. The zero-order valence-corrected chi connectivity index (χ0v) is 16.1. The van der Waals surface area contributed by atoms with Gasteiger partial charge in [0.15, 0.2) is 11.5 Å². The summed E-state index contributed by atoms with van der Waals surface area (Å²) in [6.07, 6.45) is 1.26. The number of rotatable bonds is 6. The Morgan fingerprint density at radius 3 is 2.38 bits per heavy atom. The van der Waals surface area contributed by atoms with Gasteiger partial charge in [0.05, 0.1) is 33.3 Å². The van der Waals surface area contributed by atoms with Crippen molar-refractivity contribution in [2.45, 2.75) is 12.3 Å². The first-order valence-corrected chi connectivity index (χ1v) is 8.63. The van der Waals surface area contributed by atoms with Gasteiger partial charge in [-0.25, -0.2) is 0 Å². The van der Waals surface area contributed by atoms with Crippen LogP contribution >= 0.6 is 0 Å². The maximum absolute atomic E-state index is 13.1. The Morgan fingerprint density at radius 2 is 1.79 bits per heavy atom. The molecule has 0 spiro atoms. The highest BCUT2D eigenvalue weighted by atomic mass is 16.5. The topological polar surface area (TPSA) is 120 Å². The van der Waals surface area contributed by atoms with Crippen LogP contribution in [0, 0.1) is 0 Å². The number of benzene rings is 1. The summed E-state index contributed by atoms with van der Waals surface area (Å²) >= 11 is 0. The number of methoxy groups -OCH3 is 3. The van der Waals surface area contributed by atoms with Crippen molar-refractivity contribution in [3.8, 4) is 23.1 Å². The Bertz CT molecular complexity index is 1100. The molecule has 3 rings (SSSR count). The molecule has 0 amide bonds. The van der Waals surface area contributed by atoms with E-state index in [9.17, 15) is 19.8 Å². The number of aromatic nitrogens is 2. The molecule has 2 heterocycles. The Hall–Kier alpha value is -3.75. The summed E-state index contributed by atoms with van der Waals surface area (Å²) in [6, 6.07) is 7.84. The zero-order valence-electron chi connectivity index (χ0n) is 16.1. The number of phenols is 1. The molecule has 0 aliphatic rings. The molecule has 9 nitrogen and oxygen atoms in total. The SMILES string of the molecule is COC(=O)C[C@H](c1cc(OC)c(O)c(OC)c1)c1c(O)nc2ccccn2c1=O. The van der Waals surface area contributed by atoms with Crippen LogP contribution in [0.2, 0.25) is 0 Å². The van der Waals surface area contributed by atoms with Crippen molar-refractivity contribution in [2.24, 2.45) is 0 Å². The number of phenolic OH excluding ortho intramolecular Hbond substituents is 1. The van der Waals surface area contributed by atoms with Gasteiger partial charge in [0.25, 0.3) is 5.56 Å². The molecule has 9 heteroatoms. The molecule has 2 N–H and O–H groups in total. The Balaban J connectivity index is 2.29. The van der Waals surface area contributed by atoms with Crippen molar-refractivity contribution < 1.29 is 29.2 Å². The lowest BCUT2D eigenvalue weighted by atomic mass is 9.89. The van der Waals surface area contributed by atoms with Crippen molar-refractivity contribution in [1.82, 2.24) is 9.38 Å². The van der Waals surface area contributed by atoms with Gasteiger partial charge in [-0.1, -0.05) is 6.07 Å². The average molecular weight is 400 g/mol. The highest BCUT2D eigenvalue weighted by molar-refractivity contribution is 5.72. The molecule has 0 saturated carbocycles. The second kappa shape index (κ2) is 8.09. The van der Waals surface area contributed by atoms with Crippen molar-refractivity contribution in [3.05, 3.63) is 58.0 Å². The van der Waals surface area contributed by atoms with E-state index in [1.54, 1.807) is 18.2 Å². The Morgan fingerprint density at radius 1 is 1.14 bits per heavy atom. The molecule has 0 radical (unpaired) electrons. The van der Waals surface area contributed by atoms with E-state index in [0.717, 1.165) is 0 Å². The van der Waals surface area contributed by atoms with Crippen LogP contribution in [0.1, 0.15) is 23.5 Å². The molecule has 1 atom stereocenters. The van der Waals surface area contributed by atoms with E-state index in [0.29, 0.717) is 5.56 Å². The molecule has 0 aliphatic carbocycles. The molecular formula is C20H20N2O7. The van der Waals surface area contributed by atoms with Crippen LogP contribution < -0.4 is 15.0 Å². The van der Waals surface area contributed by atoms with Crippen LogP contribution in [-0.2, 0) is 9.53 Å².